The summed E-state index contributed by atoms with van der Waals surface area (Å²) in [7, 11) is 0. The summed E-state index contributed by atoms with van der Waals surface area (Å²) in [6, 6.07) is 17.7. The van der Waals surface area contributed by atoms with Gasteiger partial charge in [-0.15, -0.1) is 11.3 Å². The van der Waals surface area contributed by atoms with E-state index in [1.165, 1.54) is 11.1 Å². The van der Waals surface area contributed by atoms with Gasteiger partial charge in [-0.3, -0.25) is 9.69 Å². The Morgan fingerprint density at radius 3 is 2.52 bits per heavy atom. The summed E-state index contributed by atoms with van der Waals surface area (Å²) in [6.45, 7) is 5.45. The van der Waals surface area contributed by atoms with E-state index in [-0.39, 0.29) is 5.91 Å². The third-order valence-electron chi connectivity index (χ3n) is 5.80. The summed E-state index contributed by atoms with van der Waals surface area (Å²) in [5.74, 6) is 1.71. The minimum atomic E-state index is -0.0546. The highest BCUT2D eigenvalue weighted by Crippen LogP contribution is 2.38. The number of amides is 1. The highest BCUT2D eigenvalue weighted by molar-refractivity contribution is 7.17. The van der Waals surface area contributed by atoms with Crippen molar-refractivity contribution in [2.24, 2.45) is 0 Å². The van der Waals surface area contributed by atoms with Crippen molar-refractivity contribution < 1.29 is 4.79 Å². The Balaban J connectivity index is 1.31. The summed E-state index contributed by atoms with van der Waals surface area (Å²) in [5.41, 5.74) is 2.99. The Kier molecular flexibility index (Phi) is 6.26. The number of hydrogen-bond donors (Lipinski definition) is 1. The molecule has 6 nitrogen and oxygen atoms in total. The molecule has 0 bridgehead atoms. The Hall–Kier alpha value is -3.00. The molecule has 1 saturated heterocycles. The van der Waals surface area contributed by atoms with Crippen LogP contribution in [0.5, 0.6) is 0 Å². The van der Waals surface area contributed by atoms with E-state index in [4.69, 9.17) is 16.6 Å². The maximum atomic E-state index is 12.5. The molecule has 2 aromatic carbocycles. The number of nitrogens with zero attached hydrogens (tertiary/aromatic N) is 4. The van der Waals surface area contributed by atoms with Crippen LogP contribution in [0.3, 0.4) is 0 Å². The number of nitrogens with one attached hydrogen (secondary N) is 1. The first-order valence-electron chi connectivity index (χ1n) is 10.9. The summed E-state index contributed by atoms with van der Waals surface area (Å²) in [6.07, 6.45) is 0. The van der Waals surface area contributed by atoms with E-state index < -0.39 is 0 Å². The summed E-state index contributed by atoms with van der Waals surface area (Å²) < 4.78 is 0. The highest BCUT2D eigenvalue weighted by atomic mass is 35.5. The lowest BCUT2D eigenvalue weighted by Gasteiger charge is -2.35. The molecule has 0 unspecified atom stereocenters. The van der Waals surface area contributed by atoms with Gasteiger partial charge in [0.1, 0.15) is 16.5 Å². The third kappa shape index (κ3) is 4.71. The van der Waals surface area contributed by atoms with Crippen LogP contribution in [0.15, 0.2) is 60.0 Å². The maximum Gasteiger partial charge on any atom is 0.238 e. The zero-order chi connectivity index (χ0) is 22.8. The minimum Gasteiger partial charge on any atom is -0.353 e. The molecule has 1 amide bonds. The predicted molar refractivity (Wildman–Crippen MR) is 136 cm³/mol. The zero-order valence-electron chi connectivity index (χ0n) is 18.3. The number of carbonyl (C=O) groups is 1. The smallest absolute Gasteiger partial charge is 0.238 e. The number of benzene rings is 2. The van der Waals surface area contributed by atoms with Gasteiger partial charge in [-0.25, -0.2) is 9.97 Å². The molecular formula is C25H24ClN5OS. The molecule has 1 aliphatic heterocycles. The zero-order valence-corrected chi connectivity index (χ0v) is 19.9. The molecule has 1 aliphatic rings. The standard InChI is InChI=1S/C25H24ClN5OS/c1-17-27-24(23-19(16-33-25(23)28-17)18-7-3-2-4-8-18)31-13-11-30(12-14-31)15-22(32)29-21-10-6-5-9-20(21)26/h2-10,16H,11-15H2,1H3,(H,29,32). The van der Waals surface area contributed by atoms with Gasteiger partial charge in [0.2, 0.25) is 5.91 Å². The molecule has 2 aromatic heterocycles. The number of carbonyl (C=O) groups excluding carboxylic acids is 1. The Morgan fingerprint density at radius 2 is 1.76 bits per heavy atom. The molecule has 1 N–H and O–H groups in total. The lowest BCUT2D eigenvalue weighted by Crippen LogP contribution is -2.49. The molecule has 33 heavy (non-hydrogen) atoms. The second-order valence-electron chi connectivity index (χ2n) is 8.08. The SMILES string of the molecule is Cc1nc(N2CCN(CC(=O)Nc3ccccc3Cl)CC2)c2c(-c3ccccc3)csc2n1. The topological polar surface area (TPSA) is 61.4 Å². The van der Waals surface area contributed by atoms with Crippen molar-refractivity contribution in [3.63, 3.8) is 0 Å². The van der Waals surface area contributed by atoms with Crippen LogP contribution in [0.4, 0.5) is 11.5 Å². The fraction of sp³-hybridized carbons (Fsp3) is 0.240. The lowest BCUT2D eigenvalue weighted by atomic mass is 10.1. The molecule has 0 atom stereocenters. The monoisotopic (exact) mass is 477 g/mol. The first-order valence-corrected chi connectivity index (χ1v) is 12.2. The van der Waals surface area contributed by atoms with Gasteiger partial charge in [-0.1, -0.05) is 54.1 Å². The van der Waals surface area contributed by atoms with Crippen molar-refractivity contribution in [2.75, 3.05) is 42.9 Å². The van der Waals surface area contributed by atoms with Gasteiger partial charge in [-0.05, 0) is 24.6 Å². The number of halogens is 1. The van der Waals surface area contributed by atoms with Crippen LogP contribution >= 0.6 is 22.9 Å². The van der Waals surface area contributed by atoms with Gasteiger partial charge in [0.05, 0.1) is 22.6 Å². The number of piperazine rings is 1. The molecule has 4 aromatic rings. The van der Waals surface area contributed by atoms with Crippen molar-refractivity contribution in [1.82, 2.24) is 14.9 Å². The van der Waals surface area contributed by atoms with Crippen LogP contribution < -0.4 is 10.2 Å². The maximum absolute atomic E-state index is 12.5. The Bertz CT molecular complexity index is 1280. The first kappa shape index (κ1) is 21.8. The van der Waals surface area contributed by atoms with Gasteiger partial charge >= 0.3 is 0 Å². The number of hydrogen-bond acceptors (Lipinski definition) is 6. The van der Waals surface area contributed by atoms with E-state index in [1.807, 2.05) is 31.2 Å². The van der Waals surface area contributed by atoms with Crippen LogP contribution in [0.2, 0.25) is 5.02 Å². The number of rotatable bonds is 5. The third-order valence-corrected chi connectivity index (χ3v) is 7.00. The number of fused-ring (bicyclic) bond motifs is 1. The molecule has 0 radical (unpaired) electrons. The minimum absolute atomic E-state index is 0.0546. The van der Waals surface area contributed by atoms with Crippen molar-refractivity contribution in [2.45, 2.75) is 6.92 Å². The van der Waals surface area contributed by atoms with Crippen molar-refractivity contribution in [3.8, 4) is 11.1 Å². The summed E-state index contributed by atoms with van der Waals surface area (Å²) in [4.78, 5) is 27.6. The average molecular weight is 478 g/mol. The number of para-hydroxylation sites is 1. The Morgan fingerprint density at radius 1 is 1.03 bits per heavy atom. The largest absolute Gasteiger partial charge is 0.353 e. The fourth-order valence-electron chi connectivity index (χ4n) is 4.16. The summed E-state index contributed by atoms with van der Waals surface area (Å²) >= 11 is 7.82. The number of thiophene rings is 1. The average Bonchev–Trinajstić information content (AvgIpc) is 3.25. The van der Waals surface area contributed by atoms with Gasteiger partial charge in [0, 0.05) is 37.1 Å². The van der Waals surface area contributed by atoms with Crippen molar-refractivity contribution in [3.05, 3.63) is 70.8 Å². The quantitative estimate of drug-likeness (QED) is 0.434. The molecule has 0 saturated carbocycles. The van der Waals surface area contributed by atoms with Crippen molar-refractivity contribution >= 4 is 50.6 Å². The van der Waals surface area contributed by atoms with Gasteiger partial charge in [0.25, 0.3) is 0 Å². The van der Waals surface area contributed by atoms with Crippen LogP contribution in [-0.4, -0.2) is 53.5 Å². The molecule has 1 fully saturated rings. The van der Waals surface area contributed by atoms with Crippen molar-refractivity contribution in [1.29, 1.82) is 0 Å². The van der Waals surface area contributed by atoms with E-state index in [1.54, 1.807) is 17.4 Å². The van der Waals surface area contributed by atoms with E-state index in [0.717, 1.165) is 48.0 Å². The summed E-state index contributed by atoms with van der Waals surface area (Å²) in [5, 5.41) is 6.74. The normalized spacial score (nSPS) is 14.5. The first-order chi connectivity index (χ1) is 16.1. The number of aryl methyl sites for hydroxylation is 1. The van der Waals surface area contributed by atoms with Crippen LogP contribution in [0.25, 0.3) is 21.3 Å². The fourth-order valence-corrected chi connectivity index (χ4v) is 5.33. The molecule has 8 heteroatoms. The van der Waals surface area contributed by atoms with E-state index >= 15 is 0 Å². The van der Waals surface area contributed by atoms with E-state index in [2.05, 4.69) is 49.7 Å². The number of aromatic nitrogens is 2. The predicted octanol–water partition coefficient (Wildman–Crippen LogP) is 5.08. The van der Waals surface area contributed by atoms with Gasteiger partial charge in [0.15, 0.2) is 0 Å². The van der Waals surface area contributed by atoms with Gasteiger partial charge < -0.3 is 10.2 Å². The second-order valence-corrected chi connectivity index (χ2v) is 9.35. The molecule has 3 heterocycles. The van der Waals surface area contributed by atoms with Crippen LogP contribution in [0, 0.1) is 6.92 Å². The molecule has 0 spiro atoms. The molecular weight excluding hydrogens is 454 g/mol. The van der Waals surface area contributed by atoms with Crippen LogP contribution in [-0.2, 0) is 4.79 Å². The van der Waals surface area contributed by atoms with Gasteiger partial charge in [-0.2, -0.15) is 0 Å². The van der Waals surface area contributed by atoms with E-state index in [0.29, 0.717) is 17.3 Å². The second kappa shape index (κ2) is 9.47. The Labute approximate surface area is 201 Å². The molecule has 0 aliphatic carbocycles. The molecule has 168 valence electrons. The highest BCUT2D eigenvalue weighted by Gasteiger charge is 2.24. The molecule has 5 rings (SSSR count). The number of anilines is 2. The van der Waals surface area contributed by atoms with Crippen LogP contribution in [0.1, 0.15) is 5.82 Å². The lowest BCUT2D eigenvalue weighted by molar-refractivity contribution is -0.117. The van der Waals surface area contributed by atoms with E-state index in [9.17, 15) is 4.79 Å².